The van der Waals surface area contributed by atoms with Crippen LogP contribution in [-0.4, -0.2) is 101 Å². The predicted octanol–water partition coefficient (Wildman–Crippen LogP) is -1.20. The van der Waals surface area contributed by atoms with E-state index in [-0.39, 0.29) is 32.8 Å². The first-order valence-electron chi connectivity index (χ1n) is 12.5. The van der Waals surface area contributed by atoms with Crippen molar-refractivity contribution >= 4 is 17.9 Å². The van der Waals surface area contributed by atoms with Crippen LogP contribution in [-0.2, 0) is 27.9 Å². The number of pyridine rings is 1. The SMILES string of the molecule is C=CCOC(=O)N1CCN(C(C)(C)C(=O)NCC(OCC)(O[I-]C)c2cccnc2)C[C@H]1C(=O)NCC(F)(F)F. The molecule has 1 saturated heterocycles. The van der Waals surface area contributed by atoms with E-state index in [1.54, 1.807) is 50.2 Å². The van der Waals surface area contributed by atoms with E-state index < -0.39 is 69.6 Å². The Labute approximate surface area is 242 Å². The molecule has 1 fully saturated rings. The Morgan fingerprint density at radius 2 is 1.95 bits per heavy atom. The average Bonchev–Trinajstić information content (AvgIpc) is 2.93. The summed E-state index contributed by atoms with van der Waals surface area (Å²) in [6.07, 6.45) is -0.968. The van der Waals surface area contributed by atoms with E-state index in [9.17, 15) is 27.6 Å². The van der Waals surface area contributed by atoms with E-state index in [4.69, 9.17) is 12.5 Å². The van der Waals surface area contributed by atoms with Crippen molar-refractivity contribution in [2.45, 2.75) is 44.3 Å². The van der Waals surface area contributed by atoms with Crippen LogP contribution in [0.2, 0.25) is 0 Å². The van der Waals surface area contributed by atoms with E-state index in [2.05, 4.69) is 16.9 Å². The Kier molecular flexibility index (Phi) is 12.6. The van der Waals surface area contributed by atoms with Crippen LogP contribution in [0, 0.1) is 0 Å². The summed E-state index contributed by atoms with van der Waals surface area (Å²) in [6.45, 7) is 6.97. The smallest absolute Gasteiger partial charge is 0.169 e. The molecule has 1 unspecified atom stereocenters. The summed E-state index contributed by atoms with van der Waals surface area (Å²) in [6, 6.07) is 2.19. The van der Waals surface area contributed by atoms with Crippen LogP contribution in [0.4, 0.5) is 18.0 Å². The van der Waals surface area contributed by atoms with Gasteiger partial charge in [0.1, 0.15) is 6.61 Å². The number of alkyl halides is 4. The summed E-state index contributed by atoms with van der Waals surface area (Å²) in [5.74, 6) is -2.71. The van der Waals surface area contributed by atoms with E-state index in [1.165, 1.54) is 6.08 Å². The van der Waals surface area contributed by atoms with E-state index in [0.29, 0.717) is 12.2 Å². The molecule has 40 heavy (non-hydrogen) atoms. The Morgan fingerprint density at radius 1 is 1.23 bits per heavy atom. The van der Waals surface area contributed by atoms with Gasteiger partial charge in [-0.25, -0.2) is 0 Å². The summed E-state index contributed by atoms with van der Waals surface area (Å²) in [7, 11) is 0. The van der Waals surface area contributed by atoms with Crippen LogP contribution in [0.3, 0.4) is 0 Å². The number of carbonyl (C=O) groups is 3. The second kappa shape index (κ2) is 14.9. The third-order valence-electron chi connectivity index (χ3n) is 6.21. The van der Waals surface area contributed by atoms with Gasteiger partial charge in [0, 0.05) is 0 Å². The zero-order valence-electron chi connectivity index (χ0n) is 22.9. The molecule has 1 aromatic rings. The van der Waals surface area contributed by atoms with Crippen molar-refractivity contribution in [3.05, 3.63) is 42.7 Å². The first-order chi connectivity index (χ1) is 18.8. The molecule has 2 heterocycles. The van der Waals surface area contributed by atoms with Gasteiger partial charge in [0.2, 0.25) is 0 Å². The monoisotopic (exact) mass is 686 g/mol. The molecule has 0 spiro atoms. The fourth-order valence-corrected chi connectivity index (χ4v) is 5.33. The van der Waals surface area contributed by atoms with Crippen LogP contribution in [0.1, 0.15) is 26.3 Å². The number of piperazine rings is 1. The molecule has 1 aliphatic heterocycles. The molecule has 0 aromatic carbocycles. The van der Waals surface area contributed by atoms with Crippen LogP contribution in [0.5, 0.6) is 0 Å². The summed E-state index contributed by atoms with van der Waals surface area (Å²) in [4.78, 5) is 47.6. The normalized spacial score (nSPS) is 18.1. The van der Waals surface area contributed by atoms with Gasteiger partial charge in [-0.1, -0.05) is 12.7 Å². The number of nitrogens with one attached hydrogen (secondary N) is 2. The van der Waals surface area contributed by atoms with Crippen molar-refractivity contribution in [3.8, 4) is 0 Å². The summed E-state index contributed by atoms with van der Waals surface area (Å²) >= 11 is -0.732. The van der Waals surface area contributed by atoms with Gasteiger partial charge >= 0.3 is 211 Å². The Morgan fingerprint density at radius 3 is 2.52 bits per heavy atom. The maximum atomic E-state index is 13.5. The van der Waals surface area contributed by atoms with Crippen LogP contribution < -0.4 is 32.3 Å². The van der Waals surface area contributed by atoms with Gasteiger partial charge in [0.25, 0.3) is 0 Å². The van der Waals surface area contributed by atoms with Crippen molar-refractivity contribution in [1.29, 1.82) is 0 Å². The van der Waals surface area contributed by atoms with Crippen molar-refractivity contribution in [3.63, 3.8) is 0 Å². The van der Waals surface area contributed by atoms with Gasteiger partial charge in [0.05, 0.1) is 0 Å². The van der Waals surface area contributed by atoms with Crippen molar-refractivity contribution < 1.29 is 61.7 Å². The number of carbonyl (C=O) groups excluding carboxylic acids is 3. The molecule has 1 aliphatic rings. The Balaban J connectivity index is 2.23. The number of hydrogen-bond donors (Lipinski definition) is 2. The fraction of sp³-hybridized carbons (Fsp3) is 0.600. The number of amides is 3. The average molecular weight is 686 g/mol. The summed E-state index contributed by atoms with van der Waals surface area (Å²) < 4.78 is 55.4. The van der Waals surface area contributed by atoms with Crippen LogP contribution in [0.25, 0.3) is 0 Å². The summed E-state index contributed by atoms with van der Waals surface area (Å²) in [5, 5.41) is 4.70. The molecular formula is C25H36F3IN5O6-. The second-order valence-corrected chi connectivity index (χ2v) is 10.6. The minimum atomic E-state index is -4.64. The van der Waals surface area contributed by atoms with Crippen molar-refractivity contribution in [1.82, 2.24) is 25.4 Å². The molecule has 226 valence electrons. The minimum absolute atomic E-state index is 0.0360. The summed E-state index contributed by atoms with van der Waals surface area (Å²) in [5.41, 5.74) is -0.599. The molecule has 1 aromatic heterocycles. The topological polar surface area (TPSA) is 122 Å². The van der Waals surface area contributed by atoms with E-state index >= 15 is 0 Å². The van der Waals surface area contributed by atoms with Crippen LogP contribution in [0.15, 0.2) is 37.2 Å². The minimum Gasteiger partial charge on any atom is -0.169 e. The van der Waals surface area contributed by atoms with Gasteiger partial charge < -0.3 is 0 Å². The number of aromatic nitrogens is 1. The Bertz CT molecular complexity index is 1010. The first kappa shape index (κ1) is 33.7. The molecule has 0 radical (unpaired) electrons. The molecule has 3 amide bonds. The standard InChI is InChI=1S/C25H36F3IN5O6/c1-6-13-38-22(37)34-12-11-33(15-19(34)20(35)31-17-25(26,27)28)23(3,4)21(36)32-16-24(39-7-2,40-29-5)18-9-8-10-30-14-18/h6,8-10,14,19H,1,7,11-13,15-17H2,2-5H3,(H,31,35)(H,32,36)/q-1/t19-,24?/m0/s1. The van der Waals surface area contributed by atoms with Gasteiger partial charge in [-0.05, 0) is 0 Å². The zero-order chi connectivity index (χ0) is 30.0. The molecule has 2 atom stereocenters. The Hall–Kier alpha value is -2.50. The third kappa shape index (κ3) is 9.01. The number of rotatable bonds is 13. The van der Waals surface area contributed by atoms with E-state index in [1.807, 2.05) is 10.2 Å². The van der Waals surface area contributed by atoms with Gasteiger partial charge in [0.15, 0.2) is 0 Å². The number of ether oxygens (including phenoxy) is 2. The van der Waals surface area contributed by atoms with Crippen molar-refractivity contribution in [2.75, 3.05) is 50.9 Å². The molecule has 0 aliphatic carbocycles. The molecule has 11 nitrogen and oxygen atoms in total. The fourth-order valence-electron chi connectivity index (χ4n) is 4.08. The molecule has 15 heteroatoms. The van der Waals surface area contributed by atoms with Gasteiger partial charge in [-0.3, -0.25) is 0 Å². The molecular weight excluding hydrogens is 650 g/mol. The van der Waals surface area contributed by atoms with Crippen LogP contribution >= 0.6 is 0 Å². The van der Waals surface area contributed by atoms with E-state index in [0.717, 1.165) is 4.90 Å². The number of halogens is 4. The zero-order valence-corrected chi connectivity index (χ0v) is 25.1. The second-order valence-electron chi connectivity index (χ2n) is 9.25. The van der Waals surface area contributed by atoms with Gasteiger partial charge in [-0.15, -0.1) is 0 Å². The third-order valence-corrected chi connectivity index (χ3v) is 7.37. The first-order valence-corrected chi connectivity index (χ1v) is 15.5. The molecule has 0 bridgehead atoms. The quantitative estimate of drug-likeness (QED) is 0.115. The molecule has 2 N–H and O–H groups in total. The van der Waals surface area contributed by atoms with Gasteiger partial charge in [-0.2, -0.15) is 13.2 Å². The maximum absolute atomic E-state index is 13.5. The molecule has 0 saturated carbocycles. The predicted molar refractivity (Wildman–Crippen MR) is 134 cm³/mol. The number of hydrogen-bond acceptors (Lipinski definition) is 8. The molecule has 2 rings (SSSR count). The number of nitrogens with zero attached hydrogens (tertiary/aromatic N) is 3. The van der Waals surface area contributed by atoms with Crippen molar-refractivity contribution in [2.24, 2.45) is 0 Å².